The highest BCUT2D eigenvalue weighted by molar-refractivity contribution is 7.99. The van der Waals surface area contributed by atoms with Crippen molar-refractivity contribution < 1.29 is 24.5 Å². The van der Waals surface area contributed by atoms with E-state index in [0.717, 1.165) is 28.1 Å². The predicted octanol–water partition coefficient (Wildman–Crippen LogP) is 3.47. The van der Waals surface area contributed by atoms with E-state index in [0.29, 0.717) is 11.3 Å². The summed E-state index contributed by atoms with van der Waals surface area (Å²) in [5.74, 6) is -0.755. The molecule has 8 nitrogen and oxygen atoms in total. The molecule has 0 spiro atoms. The number of benzene rings is 2. The second kappa shape index (κ2) is 9.39. The summed E-state index contributed by atoms with van der Waals surface area (Å²) in [6.07, 6.45) is 3.58. The van der Waals surface area contributed by atoms with Crippen molar-refractivity contribution in [1.29, 1.82) is 0 Å². The number of carboxylic acid groups (broad SMARTS) is 1. The van der Waals surface area contributed by atoms with Crippen LogP contribution in [0.4, 0.5) is 0 Å². The molecule has 1 amide bonds. The number of fused-ring (bicyclic) bond motifs is 2. The molecule has 1 fully saturated rings. The van der Waals surface area contributed by atoms with Gasteiger partial charge in [0.25, 0.3) is 0 Å². The Kier molecular flexibility index (Phi) is 6.29. The lowest BCUT2D eigenvalue weighted by Gasteiger charge is -2.46. The van der Waals surface area contributed by atoms with Crippen LogP contribution in [0.3, 0.4) is 0 Å². The molecule has 9 heteroatoms. The lowest BCUT2D eigenvalue weighted by Crippen LogP contribution is -2.63. The van der Waals surface area contributed by atoms with Gasteiger partial charge in [0, 0.05) is 35.0 Å². The van der Waals surface area contributed by atoms with E-state index in [1.165, 1.54) is 10.5 Å². The first kappa shape index (κ1) is 23.4. The SMILES string of the molecule is C[C@@H](O)[C@H]1C(=O)N2C(C(=O)O)=C(COc3cccc4c(CCSc5ncc[nH]5)cccc34)[C@H](C)[C@H]12. The van der Waals surface area contributed by atoms with Gasteiger partial charge in [0.2, 0.25) is 5.91 Å². The normalized spacial score (nSPS) is 22.3. The van der Waals surface area contributed by atoms with E-state index in [4.69, 9.17) is 4.74 Å². The van der Waals surface area contributed by atoms with Crippen molar-refractivity contribution in [3.05, 3.63) is 65.6 Å². The Morgan fingerprint density at radius 1 is 1.26 bits per heavy atom. The number of amides is 1. The minimum absolute atomic E-state index is 0.0136. The number of H-pyrrole nitrogens is 1. The summed E-state index contributed by atoms with van der Waals surface area (Å²) >= 11 is 1.66. The van der Waals surface area contributed by atoms with Crippen molar-refractivity contribution in [1.82, 2.24) is 14.9 Å². The van der Waals surface area contributed by atoms with Gasteiger partial charge in [0.1, 0.15) is 18.1 Å². The monoisotopic (exact) mass is 493 g/mol. The number of imidazole rings is 1. The van der Waals surface area contributed by atoms with Crippen molar-refractivity contribution in [2.24, 2.45) is 11.8 Å². The Morgan fingerprint density at radius 3 is 2.74 bits per heavy atom. The number of β-lactam (4-membered cyclic amide) rings is 1. The van der Waals surface area contributed by atoms with Gasteiger partial charge in [-0.2, -0.15) is 0 Å². The lowest BCUT2D eigenvalue weighted by molar-refractivity contribution is -0.163. The second-order valence-corrected chi connectivity index (χ2v) is 10.1. The molecular weight excluding hydrogens is 466 g/mol. The number of hydrogen-bond acceptors (Lipinski definition) is 6. The highest BCUT2D eigenvalue weighted by Crippen LogP contribution is 2.47. The fourth-order valence-electron chi connectivity index (χ4n) is 5.27. The Morgan fingerprint density at radius 2 is 2.03 bits per heavy atom. The van der Waals surface area contributed by atoms with E-state index in [1.54, 1.807) is 24.9 Å². The summed E-state index contributed by atoms with van der Waals surface area (Å²) in [4.78, 5) is 33.3. The number of aromatic nitrogens is 2. The van der Waals surface area contributed by atoms with Gasteiger partial charge in [-0.15, -0.1) is 0 Å². The number of thioether (sulfide) groups is 1. The number of ether oxygens (including phenoxy) is 1. The number of aliphatic carboxylic acids is 1. The van der Waals surface area contributed by atoms with Crippen LogP contribution < -0.4 is 4.74 Å². The Labute approximate surface area is 207 Å². The van der Waals surface area contributed by atoms with Crippen LogP contribution in [-0.4, -0.2) is 61.5 Å². The number of aromatic amines is 1. The average Bonchev–Trinajstić information content (AvgIpc) is 3.42. The van der Waals surface area contributed by atoms with Gasteiger partial charge < -0.3 is 24.8 Å². The van der Waals surface area contributed by atoms with E-state index in [1.807, 2.05) is 37.4 Å². The number of carboxylic acids is 1. The standard InChI is InChI=1S/C26H27N3O5S/c1-14-19(23(25(32)33)29-22(14)21(15(2)30)24(29)31)13-34-20-8-4-6-17-16(5-3-7-18(17)20)9-12-35-26-27-10-11-28-26/h3-8,10-11,14-15,21-22,30H,9,12-13H2,1-2H3,(H,27,28)(H,32,33)/t14-,15+,21+,22+/m0/s1. The maximum absolute atomic E-state index is 12.6. The van der Waals surface area contributed by atoms with Crippen molar-refractivity contribution in [3.8, 4) is 5.75 Å². The molecule has 0 saturated carbocycles. The van der Waals surface area contributed by atoms with Crippen molar-refractivity contribution in [3.63, 3.8) is 0 Å². The number of aryl methyl sites for hydroxylation is 1. The quantitative estimate of drug-likeness (QED) is 0.309. The van der Waals surface area contributed by atoms with E-state index < -0.39 is 18.0 Å². The first-order valence-electron chi connectivity index (χ1n) is 11.6. The van der Waals surface area contributed by atoms with Gasteiger partial charge in [-0.05, 0) is 30.4 Å². The highest BCUT2D eigenvalue weighted by Gasteiger charge is 2.59. The molecule has 0 bridgehead atoms. The zero-order valence-electron chi connectivity index (χ0n) is 19.5. The summed E-state index contributed by atoms with van der Waals surface area (Å²) in [7, 11) is 0. The van der Waals surface area contributed by atoms with Gasteiger partial charge in [-0.25, -0.2) is 9.78 Å². The summed E-state index contributed by atoms with van der Waals surface area (Å²) in [5, 5.41) is 22.8. The number of nitrogens with one attached hydrogen (secondary N) is 1. The Balaban J connectivity index is 1.36. The third-order valence-corrected chi connectivity index (χ3v) is 7.86. The molecule has 2 aliphatic rings. The molecule has 1 saturated heterocycles. The highest BCUT2D eigenvalue weighted by atomic mass is 32.2. The lowest BCUT2D eigenvalue weighted by atomic mass is 9.78. The van der Waals surface area contributed by atoms with Gasteiger partial charge >= 0.3 is 5.97 Å². The van der Waals surface area contributed by atoms with Gasteiger partial charge in [-0.3, -0.25) is 4.79 Å². The number of rotatable bonds is 9. The Hall–Kier alpha value is -3.30. The van der Waals surface area contributed by atoms with Crippen LogP contribution in [-0.2, 0) is 16.0 Å². The summed E-state index contributed by atoms with van der Waals surface area (Å²) in [6, 6.07) is 11.6. The van der Waals surface area contributed by atoms with Crippen LogP contribution in [0.25, 0.3) is 10.8 Å². The zero-order valence-corrected chi connectivity index (χ0v) is 20.3. The summed E-state index contributed by atoms with van der Waals surface area (Å²) in [6.45, 7) is 3.53. The van der Waals surface area contributed by atoms with Crippen molar-refractivity contribution in [2.75, 3.05) is 12.4 Å². The number of carbonyl (C=O) groups excluding carboxylic acids is 1. The molecule has 3 heterocycles. The third-order valence-electron chi connectivity index (χ3n) is 6.96. The van der Waals surface area contributed by atoms with Crippen LogP contribution >= 0.6 is 11.8 Å². The number of aliphatic hydroxyl groups excluding tert-OH is 1. The third kappa shape index (κ3) is 4.08. The van der Waals surface area contributed by atoms with Crippen LogP contribution in [0.2, 0.25) is 0 Å². The number of aliphatic hydroxyl groups is 1. The fraction of sp³-hybridized carbons (Fsp3) is 0.346. The van der Waals surface area contributed by atoms with Crippen LogP contribution in [0.5, 0.6) is 5.75 Å². The van der Waals surface area contributed by atoms with E-state index in [-0.39, 0.29) is 30.2 Å². The van der Waals surface area contributed by atoms with Crippen LogP contribution in [0, 0.1) is 11.8 Å². The smallest absolute Gasteiger partial charge is 0.352 e. The van der Waals surface area contributed by atoms with E-state index in [2.05, 4.69) is 22.1 Å². The maximum Gasteiger partial charge on any atom is 0.352 e. The molecule has 1 aromatic heterocycles. The Bertz CT molecular complexity index is 1300. The summed E-state index contributed by atoms with van der Waals surface area (Å²) < 4.78 is 6.19. The molecule has 2 aliphatic heterocycles. The number of nitrogens with zero attached hydrogens (tertiary/aromatic N) is 2. The molecule has 2 aromatic carbocycles. The number of hydrogen-bond donors (Lipinski definition) is 3. The van der Waals surface area contributed by atoms with Crippen molar-refractivity contribution >= 4 is 34.4 Å². The van der Waals surface area contributed by atoms with Crippen molar-refractivity contribution in [2.45, 2.75) is 37.6 Å². The van der Waals surface area contributed by atoms with Gasteiger partial charge in [-0.1, -0.05) is 49.0 Å². The zero-order chi connectivity index (χ0) is 24.7. The second-order valence-electron chi connectivity index (χ2n) is 8.98. The molecule has 5 rings (SSSR count). The molecule has 0 radical (unpaired) electrons. The average molecular weight is 494 g/mol. The van der Waals surface area contributed by atoms with Crippen LogP contribution in [0.1, 0.15) is 19.4 Å². The first-order chi connectivity index (χ1) is 16.9. The van der Waals surface area contributed by atoms with Gasteiger partial charge in [0.15, 0.2) is 5.16 Å². The minimum atomic E-state index is -1.15. The van der Waals surface area contributed by atoms with Crippen LogP contribution in [0.15, 0.2) is 65.2 Å². The fourth-order valence-corrected chi connectivity index (χ4v) is 6.07. The summed E-state index contributed by atoms with van der Waals surface area (Å²) in [5.41, 5.74) is 1.75. The topological polar surface area (TPSA) is 116 Å². The van der Waals surface area contributed by atoms with E-state index in [9.17, 15) is 19.8 Å². The van der Waals surface area contributed by atoms with Gasteiger partial charge in [0.05, 0.1) is 18.1 Å². The molecule has 4 atom stereocenters. The maximum atomic E-state index is 12.6. The molecule has 0 aliphatic carbocycles. The molecule has 3 aromatic rings. The molecule has 3 N–H and O–H groups in total. The number of carbonyl (C=O) groups is 2. The molecule has 182 valence electrons. The predicted molar refractivity (Wildman–Crippen MR) is 132 cm³/mol. The largest absolute Gasteiger partial charge is 0.488 e. The first-order valence-corrected chi connectivity index (χ1v) is 12.6. The molecule has 0 unspecified atom stereocenters. The molecule has 35 heavy (non-hydrogen) atoms. The molecular formula is C26H27N3O5S. The van der Waals surface area contributed by atoms with E-state index >= 15 is 0 Å². The minimum Gasteiger partial charge on any atom is -0.488 e.